The maximum Gasteiger partial charge on any atom is 0.306 e. The van der Waals surface area contributed by atoms with Gasteiger partial charge in [0.15, 0.2) is 15.9 Å². The third-order valence-electron chi connectivity index (χ3n) is 3.09. The smallest absolute Gasteiger partial charge is 0.306 e. The van der Waals surface area contributed by atoms with E-state index in [1.165, 1.54) is 17.8 Å². The number of nitrogens with two attached hydrogens (primary N) is 1. The number of aliphatic carboxylic acids is 1. The van der Waals surface area contributed by atoms with E-state index < -0.39 is 5.97 Å². The maximum atomic E-state index is 13.7. The number of thioether (sulfide) groups is 1. The molecule has 0 atom stereocenters. The average Bonchev–Trinajstić information content (AvgIpc) is 2.94. The third-order valence-corrected chi connectivity index (χ3v) is 4.85. The number of rotatable bonds is 7. The van der Waals surface area contributed by atoms with Crippen molar-refractivity contribution >= 4 is 44.5 Å². The summed E-state index contributed by atoms with van der Waals surface area (Å²) in [6.07, 6.45) is -0.155. The van der Waals surface area contributed by atoms with Gasteiger partial charge in [-0.05, 0) is 11.6 Å². The zero-order valence-electron chi connectivity index (χ0n) is 12.8. The second-order valence-corrected chi connectivity index (χ2v) is 6.86. The molecule has 1 aromatic carbocycles. The lowest BCUT2D eigenvalue weighted by Crippen LogP contribution is -2.06. The van der Waals surface area contributed by atoms with Crippen molar-refractivity contribution in [2.45, 2.75) is 17.3 Å². The summed E-state index contributed by atoms with van der Waals surface area (Å²) in [6, 6.07) is 6.45. The molecule has 3 rings (SSSR count). The fraction of sp³-hybridized carbons (Fsp3) is 0.200. The minimum atomic E-state index is -0.969. The topological polar surface area (TPSA) is 111 Å². The highest BCUT2D eigenvalue weighted by Crippen LogP contribution is 2.33. The lowest BCUT2D eigenvalue weighted by Gasteiger charge is -2.07. The van der Waals surface area contributed by atoms with Crippen LogP contribution in [0.3, 0.4) is 0 Å². The first-order valence-corrected chi connectivity index (χ1v) is 8.98. The molecule has 25 heavy (non-hydrogen) atoms. The van der Waals surface area contributed by atoms with E-state index in [4.69, 9.17) is 15.6 Å². The lowest BCUT2D eigenvalue weighted by molar-refractivity contribution is -0.137. The van der Waals surface area contributed by atoms with Gasteiger partial charge in [0.05, 0.1) is 6.42 Å². The van der Waals surface area contributed by atoms with Crippen LogP contribution in [0.4, 0.5) is 9.52 Å². The Morgan fingerprint density at radius 2 is 2.12 bits per heavy atom. The zero-order valence-corrected chi connectivity index (χ0v) is 14.4. The molecule has 0 saturated heterocycles. The van der Waals surface area contributed by atoms with Gasteiger partial charge in [-0.25, -0.2) is 14.4 Å². The van der Waals surface area contributed by atoms with Crippen LogP contribution in [0.15, 0.2) is 29.4 Å². The van der Waals surface area contributed by atoms with Crippen LogP contribution in [0.5, 0.6) is 5.88 Å². The number of fused-ring (bicyclic) bond motifs is 1. The Bertz CT molecular complexity index is 919. The molecular formula is C15H13FN4O3S2. The van der Waals surface area contributed by atoms with E-state index in [1.54, 1.807) is 18.2 Å². The Labute approximate surface area is 150 Å². The van der Waals surface area contributed by atoms with E-state index in [9.17, 15) is 9.18 Å². The molecule has 10 heteroatoms. The molecular weight excluding hydrogens is 367 g/mol. The molecule has 7 nitrogen and oxygen atoms in total. The Morgan fingerprint density at radius 3 is 2.88 bits per heavy atom. The summed E-state index contributed by atoms with van der Waals surface area (Å²) in [4.78, 5) is 23.3. The predicted octanol–water partition coefficient (Wildman–Crippen LogP) is 2.95. The Kier molecular flexibility index (Phi) is 5.29. The number of nitrogen functional groups attached to an aromatic ring is 1. The Morgan fingerprint density at radius 1 is 1.32 bits per heavy atom. The molecule has 0 bridgehead atoms. The highest BCUT2D eigenvalue weighted by molar-refractivity contribution is 7.98. The second kappa shape index (κ2) is 7.62. The molecule has 0 aliphatic carbocycles. The molecule has 0 spiro atoms. The normalized spacial score (nSPS) is 10.9. The van der Waals surface area contributed by atoms with E-state index >= 15 is 0 Å². The van der Waals surface area contributed by atoms with Gasteiger partial charge in [-0.3, -0.25) is 4.79 Å². The molecule has 0 amide bonds. The zero-order chi connectivity index (χ0) is 17.8. The van der Waals surface area contributed by atoms with Crippen LogP contribution in [-0.4, -0.2) is 32.6 Å². The fourth-order valence-corrected chi connectivity index (χ4v) is 3.48. The molecule has 0 fully saturated rings. The molecule has 3 aromatic rings. The summed E-state index contributed by atoms with van der Waals surface area (Å²) >= 11 is 2.39. The molecule has 0 saturated carbocycles. The van der Waals surface area contributed by atoms with Crippen molar-refractivity contribution in [1.29, 1.82) is 0 Å². The van der Waals surface area contributed by atoms with Crippen molar-refractivity contribution in [3.05, 3.63) is 35.6 Å². The molecule has 0 aliphatic heterocycles. The third kappa shape index (κ3) is 4.34. The number of hydrogen-bond donors (Lipinski definition) is 2. The van der Waals surface area contributed by atoms with Crippen LogP contribution < -0.4 is 10.5 Å². The minimum absolute atomic E-state index is 0.0311. The van der Waals surface area contributed by atoms with Crippen LogP contribution in [0.2, 0.25) is 0 Å². The molecule has 0 radical (unpaired) electrons. The number of thiazole rings is 1. The Hall–Kier alpha value is -2.46. The number of carboxylic acid groups (broad SMARTS) is 1. The van der Waals surface area contributed by atoms with Crippen molar-refractivity contribution in [2.75, 3.05) is 12.3 Å². The van der Waals surface area contributed by atoms with Crippen molar-refractivity contribution in [3.8, 4) is 5.88 Å². The van der Waals surface area contributed by atoms with Crippen molar-refractivity contribution in [1.82, 2.24) is 15.0 Å². The molecule has 3 N–H and O–H groups in total. The average molecular weight is 380 g/mol. The highest BCUT2D eigenvalue weighted by Gasteiger charge is 2.15. The number of ether oxygens (including phenoxy) is 1. The largest absolute Gasteiger partial charge is 0.481 e. The number of nitrogens with zero attached hydrogens (tertiary/aromatic N) is 3. The second-order valence-electron chi connectivity index (χ2n) is 4.89. The highest BCUT2D eigenvalue weighted by atomic mass is 32.2. The van der Waals surface area contributed by atoms with E-state index in [0.717, 1.165) is 11.3 Å². The van der Waals surface area contributed by atoms with Crippen LogP contribution >= 0.6 is 23.1 Å². The van der Waals surface area contributed by atoms with E-state index in [0.29, 0.717) is 32.0 Å². The number of carboxylic acids is 1. The van der Waals surface area contributed by atoms with E-state index in [-0.39, 0.29) is 24.7 Å². The Balaban J connectivity index is 1.82. The van der Waals surface area contributed by atoms with Crippen LogP contribution in [0.1, 0.15) is 12.0 Å². The van der Waals surface area contributed by atoms with Gasteiger partial charge in [0.25, 0.3) is 0 Å². The quantitative estimate of drug-likeness (QED) is 0.475. The molecule has 2 heterocycles. The van der Waals surface area contributed by atoms with Gasteiger partial charge in [-0.2, -0.15) is 4.98 Å². The minimum Gasteiger partial charge on any atom is -0.481 e. The summed E-state index contributed by atoms with van der Waals surface area (Å²) < 4.78 is 19.7. The number of benzene rings is 1. The first kappa shape index (κ1) is 17.4. The van der Waals surface area contributed by atoms with Crippen LogP contribution in [0, 0.1) is 5.82 Å². The molecule has 2 aromatic heterocycles. The van der Waals surface area contributed by atoms with Crippen molar-refractivity contribution < 1.29 is 19.0 Å². The standard InChI is InChI=1S/C15H13FN4O3S2/c16-9-4-2-1-3-8(9)7-24-15-19-12-11(25-14(17)18-12)13(20-15)23-6-5-10(21)22/h1-4H,5-7H2,(H,21,22)(H2,17,18,19,20). The van der Waals surface area contributed by atoms with Gasteiger partial charge < -0.3 is 15.6 Å². The van der Waals surface area contributed by atoms with Gasteiger partial charge in [-0.15, -0.1) is 0 Å². The number of anilines is 1. The number of halogens is 1. The summed E-state index contributed by atoms with van der Waals surface area (Å²) in [5.41, 5.74) is 6.61. The van der Waals surface area contributed by atoms with Gasteiger partial charge in [-0.1, -0.05) is 41.3 Å². The van der Waals surface area contributed by atoms with Gasteiger partial charge in [0.2, 0.25) is 5.88 Å². The van der Waals surface area contributed by atoms with Crippen molar-refractivity contribution in [2.24, 2.45) is 0 Å². The van der Waals surface area contributed by atoms with Crippen LogP contribution in [-0.2, 0) is 10.5 Å². The number of carbonyl (C=O) groups is 1. The molecule has 0 unspecified atom stereocenters. The maximum absolute atomic E-state index is 13.7. The molecule has 0 aliphatic rings. The van der Waals surface area contributed by atoms with E-state index in [2.05, 4.69) is 15.0 Å². The summed E-state index contributed by atoms with van der Waals surface area (Å²) in [7, 11) is 0. The molecule has 130 valence electrons. The van der Waals surface area contributed by atoms with E-state index in [1.807, 2.05) is 0 Å². The monoisotopic (exact) mass is 380 g/mol. The summed E-state index contributed by atoms with van der Waals surface area (Å²) in [6.45, 7) is -0.0311. The van der Waals surface area contributed by atoms with Gasteiger partial charge >= 0.3 is 5.97 Å². The predicted molar refractivity (Wildman–Crippen MR) is 93.3 cm³/mol. The van der Waals surface area contributed by atoms with Gasteiger partial charge in [0.1, 0.15) is 17.1 Å². The van der Waals surface area contributed by atoms with Crippen molar-refractivity contribution in [3.63, 3.8) is 0 Å². The number of hydrogen-bond acceptors (Lipinski definition) is 8. The van der Waals surface area contributed by atoms with Crippen LogP contribution in [0.25, 0.3) is 10.3 Å². The SMILES string of the molecule is Nc1nc2nc(SCc3ccccc3F)nc(OCCC(=O)O)c2s1. The summed E-state index contributed by atoms with van der Waals surface area (Å²) in [5.74, 6) is -0.696. The number of aromatic nitrogens is 3. The first-order chi connectivity index (χ1) is 12.0. The lowest BCUT2D eigenvalue weighted by atomic mass is 10.2. The fourth-order valence-electron chi connectivity index (χ4n) is 1.95. The summed E-state index contributed by atoms with van der Waals surface area (Å²) in [5, 5.41) is 9.38. The van der Waals surface area contributed by atoms with Gasteiger partial charge in [0, 0.05) is 5.75 Å². The first-order valence-electron chi connectivity index (χ1n) is 7.18.